The number of piperidine rings is 1. The van der Waals surface area contributed by atoms with E-state index in [1.54, 1.807) is 19.2 Å². The van der Waals surface area contributed by atoms with Gasteiger partial charge in [-0.2, -0.15) is 4.31 Å². The van der Waals surface area contributed by atoms with Crippen LogP contribution in [0.1, 0.15) is 25.7 Å². The predicted molar refractivity (Wildman–Crippen MR) is 106 cm³/mol. The van der Waals surface area contributed by atoms with Gasteiger partial charge < -0.3 is 4.90 Å². The Morgan fingerprint density at radius 1 is 1.19 bits per heavy atom. The quantitative estimate of drug-likeness (QED) is 0.655. The third-order valence-corrected chi connectivity index (χ3v) is 9.46. The highest BCUT2D eigenvalue weighted by Gasteiger charge is 2.41. The average Bonchev–Trinajstić information content (AvgIpc) is 3.00. The van der Waals surface area contributed by atoms with E-state index in [2.05, 4.69) is 15.9 Å². The number of sulfonamides is 1. The number of benzene rings is 1. The minimum absolute atomic E-state index is 0.0541. The van der Waals surface area contributed by atoms with E-state index in [0.29, 0.717) is 19.3 Å². The normalized spacial score (nSPS) is 26.0. The molecular formula is C17H23BrN2O5S2. The molecule has 2 unspecified atom stereocenters. The molecule has 0 spiro atoms. The largest absolute Gasteiger partial charge is 0.340 e. The predicted octanol–water partition coefficient (Wildman–Crippen LogP) is 1.64. The molecule has 0 saturated carbocycles. The van der Waals surface area contributed by atoms with Crippen LogP contribution < -0.4 is 0 Å². The summed E-state index contributed by atoms with van der Waals surface area (Å²) in [7, 11) is -5.35. The first-order valence-electron chi connectivity index (χ1n) is 8.86. The van der Waals surface area contributed by atoms with Crippen LogP contribution in [0.4, 0.5) is 0 Å². The van der Waals surface area contributed by atoms with Crippen LogP contribution in [0, 0.1) is 0 Å². The first kappa shape index (κ1) is 20.8. The number of carbonyl (C=O) groups is 1. The molecule has 10 heteroatoms. The lowest BCUT2D eigenvalue weighted by atomic mass is 10.0. The van der Waals surface area contributed by atoms with Crippen LogP contribution in [0.15, 0.2) is 33.6 Å². The summed E-state index contributed by atoms with van der Waals surface area (Å²) in [5, 5.41) is 0. The van der Waals surface area contributed by atoms with Crippen LogP contribution in [0.2, 0.25) is 0 Å². The van der Waals surface area contributed by atoms with Crippen molar-refractivity contribution >= 4 is 41.7 Å². The van der Waals surface area contributed by atoms with Crippen molar-refractivity contribution < 1.29 is 21.6 Å². The van der Waals surface area contributed by atoms with Crippen molar-refractivity contribution in [2.24, 2.45) is 0 Å². The second kappa shape index (κ2) is 7.81. The molecule has 0 radical (unpaired) electrons. The van der Waals surface area contributed by atoms with E-state index >= 15 is 0 Å². The smallest absolute Gasteiger partial charge is 0.243 e. The zero-order valence-electron chi connectivity index (χ0n) is 15.0. The molecule has 0 aliphatic carbocycles. The molecule has 2 atom stereocenters. The molecule has 150 valence electrons. The van der Waals surface area contributed by atoms with Crippen molar-refractivity contribution in [2.45, 2.75) is 42.7 Å². The van der Waals surface area contributed by atoms with Gasteiger partial charge in [-0.25, -0.2) is 16.8 Å². The molecular weight excluding hydrogens is 456 g/mol. The fourth-order valence-electron chi connectivity index (χ4n) is 3.68. The minimum atomic E-state index is -3.81. The molecule has 1 aromatic carbocycles. The van der Waals surface area contributed by atoms with Crippen molar-refractivity contribution in [3.63, 3.8) is 0 Å². The maximum atomic E-state index is 13.1. The summed E-state index contributed by atoms with van der Waals surface area (Å²) in [6, 6.07) is 5.17. The SMILES string of the molecule is CN(C(=O)C1CCCCN1S(=O)(=O)c1ccc(Br)cc1)C1CCS(=O)(=O)C1. The number of sulfone groups is 1. The third kappa shape index (κ3) is 4.38. The van der Waals surface area contributed by atoms with Gasteiger partial charge >= 0.3 is 0 Å². The highest BCUT2D eigenvalue weighted by Crippen LogP contribution is 2.28. The van der Waals surface area contributed by atoms with Crippen molar-refractivity contribution in [3.05, 3.63) is 28.7 Å². The molecule has 1 aromatic rings. The molecule has 27 heavy (non-hydrogen) atoms. The average molecular weight is 479 g/mol. The van der Waals surface area contributed by atoms with E-state index in [9.17, 15) is 21.6 Å². The summed E-state index contributed by atoms with van der Waals surface area (Å²) in [6.07, 6.45) is 2.30. The molecule has 3 rings (SSSR count). The summed E-state index contributed by atoms with van der Waals surface area (Å²) >= 11 is 3.29. The Hall–Kier alpha value is -0.970. The van der Waals surface area contributed by atoms with E-state index in [0.717, 1.165) is 10.9 Å². The number of likely N-dealkylation sites (N-methyl/N-ethyl adjacent to an activating group) is 1. The highest BCUT2D eigenvalue weighted by atomic mass is 79.9. The molecule has 2 saturated heterocycles. The van der Waals surface area contributed by atoms with Gasteiger partial charge in [-0.15, -0.1) is 0 Å². The summed E-state index contributed by atoms with van der Waals surface area (Å²) in [6.45, 7) is 0.283. The first-order chi connectivity index (χ1) is 12.6. The van der Waals surface area contributed by atoms with Gasteiger partial charge in [-0.3, -0.25) is 4.79 Å². The highest BCUT2D eigenvalue weighted by molar-refractivity contribution is 9.10. The van der Waals surface area contributed by atoms with Gasteiger partial charge in [0.1, 0.15) is 6.04 Å². The van der Waals surface area contributed by atoms with Gasteiger partial charge in [0.15, 0.2) is 9.84 Å². The Balaban J connectivity index is 1.84. The van der Waals surface area contributed by atoms with Gasteiger partial charge in [0.2, 0.25) is 15.9 Å². The minimum Gasteiger partial charge on any atom is -0.340 e. The van der Waals surface area contributed by atoms with Gasteiger partial charge in [-0.05, 0) is 43.5 Å². The Bertz CT molecular complexity index is 915. The summed E-state index contributed by atoms with van der Waals surface area (Å²) < 4.78 is 51.7. The molecule has 1 amide bonds. The van der Waals surface area contributed by atoms with Gasteiger partial charge in [0.25, 0.3) is 0 Å². The van der Waals surface area contributed by atoms with E-state index in [-0.39, 0.29) is 34.9 Å². The number of nitrogens with zero attached hydrogens (tertiary/aromatic N) is 2. The fraction of sp³-hybridized carbons (Fsp3) is 0.588. The van der Waals surface area contributed by atoms with Crippen LogP contribution in [0.25, 0.3) is 0 Å². The Labute approximate surface area is 168 Å². The molecule has 0 bridgehead atoms. The lowest BCUT2D eigenvalue weighted by Gasteiger charge is -2.37. The molecule has 2 fully saturated rings. The van der Waals surface area contributed by atoms with E-state index < -0.39 is 25.9 Å². The standard InChI is InChI=1S/C17H23BrN2O5S2/c1-19(14-9-11-26(22,23)12-14)17(21)16-4-2-3-10-20(16)27(24,25)15-7-5-13(18)6-8-15/h5-8,14,16H,2-4,9-12H2,1H3. The maximum absolute atomic E-state index is 13.1. The summed E-state index contributed by atoms with van der Waals surface area (Å²) in [5.74, 6) is -0.306. The molecule has 0 aromatic heterocycles. The van der Waals surface area contributed by atoms with Gasteiger partial charge in [0, 0.05) is 24.1 Å². The Morgan fingerprint density at radius 2 is 1.85 bits per heavy atom. The lowest BCUT2D eigenvalue weighted by Crippen LogP contribution is -2.54. The van der Waals surface area contributed by atoms with E-state index in [1.807, 2.05) is 0 Å². The zero-order chi connectivity index (χ0) is 19.8. The van der Waals surface area contributed by atoms with Crippen molar-refractivity contribution in [2.75, 3.05) is 25.1 Å². The number of hydrogen-bond acceptors (Lipinski definition) is 5. The topological polar surface area (TPSA) is 91.8 Å². The molecule has 7 nitrogen and oxygen atoms in total. The van der Waals surface area contributed by atoms with E-state index in [1.165, 1.54) is 21.3 Å². The van der Waals surface area contributed by atoms with Crippen LogP contribution in [-0.4, -0.2) is 69.1 Å². The number of carbonyl (C=O) groups excluding carboxylic acids is 1. The van der Waals surface area contributed by atoms with Crippen molar-refractivity contribution in [3.8, 4) is 0 Å². The number of hydrogen-bond donors (Lipinski definition) is 0. The second-order valence-electron chi connectivity index (χ2n) is 7.09. The van der Waals surface area contributed by atoms with Crippen molar-refractivity contribution in [1.29, 1.82) is 0 Å². The fourth-order valence-corrected chi connectivity index (χ4v) is 7.37. The third-order valence-electron chi connectivity index (χ3n) is 5.26. The lowest BCUT2D eigenvalue weighted by molar-refractivity contribution is -0.136. The Kier molecular flexibility index (Phi) is 6.00. The van der Waals surface area contributed by atoms with Gasteiger partial charge in [0.05, 0.1) is 16.4 Å². The summed E-state index contributed by atoms with van der Waals surface area (Å²) in [5.41, 5.74) is 0. The molecule has 2 aliphatic rings. The van der Waals surface area contributed by atoms with Crippen LogP contribution in [-0.2, 0) is 24.7 Å². The van der Waals surface area contributed by atoms with E-state index in [4.69, 9.17) is 0 Å². The number of rotatable bonds is 4. The summed E-state index contributed by atoms with van der Waals surface area (Å²) in [4.78, 5) is 14.6. The van der Waals surface area contributed by atoms with Crippen LogP contribution in [0.3, 0.4) is 0 Å². The number of halogens is 1. The number of amides is 1. The maximum Gasteiger partial charge on any atom is 0.243 e. The molecule has 0 N–H and O–H groups in total. The first-order valence-corrected chi connectivity index (χ1v) is 12.9. The van der Waals surface area contributed by atoms with Crippen LogP contribution >= 0.6 is 15.9 Å². The van der Waals surface area contributed by atoms with Gasteiger partial charge in [-0.1, -0.05) is 22.4 Å². The van der Waals surface area contributed by atoms with Crippen molar-refractivity contribution in [1.82, 2.24) is 9.21 Å². The monoisotopic (exact) mass is 478 g/mol. The van der Waals surface area contributed by atoms with Crippen LogP contribution in [0.5, 0.6) is 0 Å². The second-order valence-corrected chi connectivity index (χ2v) is 12.1. The Morgan fingerprint density at radius 3 is 2.44 bits per heavy atom. The zero-order valence-corrected chi connectivity index (χ0v) is 18.3. The molecule has 2 aliphatic heterocycles. The molecule has 2 heterocycles.